The van der Waals surface area contributed by atoms with Gasteiger partial charge in [-0.2, -0.15) is 0 Å². The lowest BCUT2D eigenvalue weighted by atomic mass is 10.0. The molecule has 0 aliphatic carbocycles. The van der Waals surface area contributed by atoms with Crippen molar-refractivity contribution < 1.29 is 19.1 Å². The summed E-state index contributed by atoms with van der Waals surface area (Å²) in [4.78, 5) is 25.8. The quantitative estimate of drug-likeness (QED) is 0.867. The van der Waals surface area contributed by atoms with Gasteiger partial charge in [-0.15, -0.1) is 0 Å². The van der Waals surface area contributed by atoms with Gasteiger partial charge in [-0.25, -0.2) is 4.79 Å². The zero-order valence-corrected chi connectivity index (χ0v) is 14.4. The van der Waals surface area contributed by atoms with Crippen molar-refractivity contribution in [3.8, 4) is 0 Å². The molecular weight excluding hydrogens is 308 g/mol. The third-order valence-corrected chi connectivity index (χ3v) is 4.16. The van der Waals surface area contributed by atoms with Crippen molar-refractivity contribution in [1.82, 2.24) is 10.2 Å². The summed E-state index contributed by atoms with van der Waals surface area (Å²) in [5.41, 5.74) is 0.942. The summed E-state index contributed by atoms with van der Waals surface area (Å²) < 4.78 is 10.8. The fourth-order valence-corrected chi connectivity index (χ4v) is 2.73. The number of nitrogens with one attached hydrogen (secondary N) is 1. The third-order valence-electron chi connectivity index (χ3n) is 4.16. The van der Waals surface area contributed by atoms with Gasteiger partial charge >= 0.3 is 6.09 Å². The van der Waals surface area contributed by atoms with Gasteiger partial charge in [0.1, 0.15) is 12.7 Å². The van der Waals surface area contributed by atoms with Gasteiger partial charge in [-0.3, -0.25) is 4.79 Å². The van der Waals surface area contributed by atoms with Crippen molar-refractivity contribution in [2.75, 3.05) is 19.7 Å². The molecule has 0 radical (unpaired) electrons. The second-order valence-electron chi connectivity index (χ2n) is 5.81. The van der Waals surface area contributed by atoms with Crippen LogP contribution < -0.4 is 5.32 Å². The van der Waals surface area contributed by atoms with E-state index in [1.54, 1.807) is 4.90 Å². The van der Waals surface area contributed by atoms with Crippen LogP contribution in [0.5, 0.6) is 0 Å². The minimum Gasteiger partial charge on any atom is -0.445 e. The molecule has 6 nitrogen and oxygen atoms in total. The van der Waals surface area contributed by atoms with Crippen molar-refractivity contribution in [2.45, 2.75) is 45.4 Å². The molecule has 0 spiro atoms. The van der Waals surface area contributed by atoms with Gasteiger partial charge in [0.15, 0.2) is 0 Å². The van der Waals surface area contributed by atoms with E-state index < -0.39 is 12.2 Å². The first-order valence-corrected chi connectivity index (χ1v) is 8.51. The number of alkyl carbamates (subject to hydrolysis) is 1. The predicted molar refractivity (Wildman–Crippen MR) is 90.5 cm³/mol. The van der Waals surface area contributed by atoms with Crippen LogP contribution in [0.25, 0.3) is 0 Å². The van der Waals surface area contributed by atoms with Crippen molar-refractivity contribution in [3.63, 3.8) is 0 Å². The van der Waals surface area contributed by atoms with Gasteiger partial charge in [0, 0.05) is 13.1 Å². The summed E-state index contributed by atoms with van der Waals surface area (Å²) in [6, 6.07) is 9.41. The molecule has 1 aromatic carbocycles. The number of hydrogen-bond acceptors (Lipinski definition) is 4. The molecule has 132 valence electrons. The molecule has 1 saturated heterocycles. The number of nitrogens with zero attached hydrogens (tertiary/aromatic N) is 1. The normalized spacial score (nSPS) is 20.2. The minimum absolute atomic E-state index is 0.0325. The lowest BCUT2D eigenvalue weighted by Crippen LogP contribution is -2.48. The lowest BCUT2D eigenvalue weighted by molar-refractivity contribution is -0.146. The molecule has 24 heavy (non-hydrogen) atoms. The fraction of sp³-hybridized carbons (Fsp3) is 0.556. The average molecular weight is 334 g/mol. The number of hydrogen-bond donors (Lipinski definition) is 1. The molecule has 0 aromatic heterocycles. The van der Waals surface area contributed by atoms with E-state index in [1.165, 1.54) is 0 Å². The Hall–Kier alpha value is -2.08. The second-order valence-corrected chi connectivity index (χ2v) is 5.81. The summed E-state index contributed by atoms with van der Waals surface area (Å²) in [5, 5.41) is 2.79. The highest BCUT2D eigenvalue weighted by atomic mass is 16.5. The third kappa shape index (κ3) is 5.23. The molecule has 2 atom stereocenters. The number of likely N-dealkylation sites (N-methyl/N-ethyl adjacent to an activating group) is 1. The lowest BCUT2D eigenvalue weighted by Gasteiger charge is -2.31. The van der Waals surface area contributed by atoms with Crippen LogP contribution in [-0.2, 0) is 20.9 Å². The molecule has 2 amide bonds. The van der Waals surface area contributed by atoms with Gasteiger partial charge in [0.05, 0.1) is 12.6 Å². The van der Waals surface area contributed by atoms with E-state index in [4.69, 9.17) is 9.47 Å². The number of ether oxygens (including phenoxy) is 2. The highest BCUT2D eigenvalue weighted by molar-refractivity contribution is 5.81. The average Bonchev–Trinajstić information content (AvgIpc) is 2.62. The Morgan fingerprint density at radius 3 is 2.50 bits per heavy atom. The Labute approximate surface area is 143 Å². The molecule has 1 fully saturated rings. The Kier molecular flexibility index (Phi) is 7.06. The number of rotatable bonds is 6. The molecule has 0 saturated carbocycles. The summed E-state index contributed by atoms with van der Waals surface area (Å²) >= 11 is 0. The molecule has 1 aliphatic heterocycles. The van der Waals surface area contributed by atoms with Gasteiger partial charge in [-0.1, -0.05) is 30.3 Å². The molecule has 1 N–H and O–H groups in total. The predicted octanol–water partition coefficient (Wildman–Crippen LogP) is 2.33. The first kappa shape index (κ1) is 18.3. The molecule has 0 bridgehead atoms. The Morgan fingerprint density at radius 2 is 1.92 bits per heavy atom. The highest BCUT2D eigenvalue weighted by Gasteiger charge is 2.30. The molecule has 1 aliphatic rings. The van der Waals surface area contributed by atoms with Crippen molar-refractivity contribution in [2.24, 2.45) is 0 Å². The summed E-state index contributed by atoms with van der Waals surface area (Å²) in [6.45, 7) is 5.85. The van der Waals surface area contributed by atoms with E-state index in [2.05, 4.69) is 5.32 Å². The van der Waals surface area contributed by atoms with Crippen LogP contribution in [0.4, 0.5) is 4.79 Å². The maximum atomic E-state index is 12.2. The molecule has 1 aromatic rings. The molecule has 1 heterocycles. The smallest absolute Gasteiger partial charge is 0.407 e. The maximum absolute atomic E-state index is 12.2. The van der Waals surface area contributed by atoms with E-state index in [1.807, 2.05) is 44.2 Å². The topological polar surface area (TPSA) is 67.9 Å². The maximum Gasteiger partial charge on any atom is 0.407 e. The van der Waals surface area contributed by atoms with Crippen LogP contribution in [0.3, 0.4) is 0 Å². The molecule has 2 rings (SSSR count). The Balaban J connectivity index is 1.70. The summed E-state index contributed by atoms with van der Waals surface area (Å²) in [6.07, 6.45) is 0.459. The van der Waals surface area contributed by atoms with E-state index in [0.717, 1.165) is 5.56 Å². The van der Waals surface area contributed by atoms with Crippen LogP contribution in [-0.4, -0.2) is 48.7 Å². The van der Waals surface area contributed by atoms with Gasteiger partial charge in [-0.05, 0) is 32.3 Å². The minimum atomic E-state index is -0.457. The van der Waals surface area contributed by atoms with Crippen molar-refractivity contribution in [3.05, 3.63) is 35.9 Å². The standard InChI is InChI=1S/C18H26N2O4/c1-3-20(4-2)17(21)16-11-10-15(13-23-16)19-18(22)24-12-14-8-6-5-7-9-14/h5-9,15-16H,3-4,10-13H2,1-2H3,(H,19,22)/t15?,16-/m0/s1. The largest absolute Gasteiger partial charge is 0.445 e. The van der Waals surface area contributed by atoms with Crippen LogP contribution in [0, 0.1) is 0 Å². The first-order chi connectivity index (χ1) is 11.6. The number of carbonyl (C=O) groups is 2. The van der Waals surface area contributed by atoms with E-state index >= 15 is 0 Å². The van der Waals surface area contributed by atoms with Crippen LogP contribution >= 0.6 is 0 Å². The van der Waals surface area contributed by atoms with Gasteiger partial charge in [0.25, 0.3) is 5.91 Å². The zero-order valence-electron chi connectivity index (χ0n) is 14.4. The highest BCUT2D eigenvalue weighted by Crippen LogP contribution is 2.16. The van der Waals surface area contributed by atoms with Crippen LogP contribution in [0.2, 0.25) is 0 Å². The monoisotopic (exact) mass is 334 g/mol. The molecule has 1 unspecified atom stereocenters. The zero-order chi connectivity index (χ0) is 17.4. The van der Waals surface area contributed by atoms with Gasteiger partial charge in [0.2, 0.25) is 0 Å². The van der Waals surface area contributed by atoms with E-state index in [9.17, 15) is 9.59 Å². The SMILES string of the molecule is CCN(CC)C(=O)[C@@H]1CCC(NC(=O)OCc2ccccc2)CO1. The number of amides is 2. The van der Waals surface area contributed by atoms with Crippen molar-refractivity contribution >= 4 is 12.0 Å². The molecular formula is C18H26N2O4. The summed E-state index contributed by atoms with van der Waals surface area (Å²) in [5.74, 6) is 0.0325. The van der Waals surface area contributed by atoms with Crippen LogP contribution in [0.15, 0.2) is 30.3 Å². The fourth-order valence-electron chi connectivity index (χ4n) is 2.73. The first-order valence-electron chi connectivity index (χ1n) is 8.51. The Morgan fingerprint density at radius 1 is 1.21 bits per heavy atom. The summed E-state index contributed by atoms with van der Waals surface area (Å²) in [7, 11) is 0. The number of carbonyl (C=O) groups excluding carboxylic acids is 2. The number of benzene rings is 1. The van der Waals surface area contributed by atoms with E-state index in [0.29, 0.717) is 32.5 Å². The van der Waals surface area contributed by atoms with Crippen molar-refractivity contribution in [1.29, 1.82) is 0 Å². The van der Waals surface area contributed by atoms with E-state index in [-0.39, 0.29) is 18.6 Å². The van der Waals surface area contributed by atoms with Gasteiger partial charge < -0.3 is 19.7 Å². The Bertz CT molecular complexity index is 523. The molecule has 6 heteroatoms. The van der Waals surface area contributed by atoms with Crippen LogP contribution in [0.1, 0.15) is 32.3 Å². The second kappa shape index (κ2) is 9.27.